The van der Waals surface area contributed by atoms with Gasteiger partial charge in [0.25, 0.3) is 0 Å². The standard InChI is InChI=1S/C21H28F3N3O2/c1-15-12-26(13-16(2)27(15)14-17-6-4-3-5-7-17)19(28)18-8-10-25(11-9-18)20(29)21(22,23)24/h3-7,15-16,18H,8-14H2,1-2H3. The lowest BCUT2D eigenvalue weighted by molar-refractivity contribution is -0.187. The van der Waals surface area contributed by atoms with Crippen LogP contribution in [0, 0.1) is 5.92 Å². The predicted molar refractivity (Wildman–Crippen MR) is 103 cm³/mol. The van der Waals surface area contributed by atoms with Gasteiger partial charge in [-0.3, -0.25) is 14.5 Å². The third-order valence-corrected chi connectivity index (χ3v) is 6.00. The van der Waals surface area contributed by atoms with E-state index in [0.717, 1.165) is 11.4 Å². The molecule has 0 bridgehead atoms. The number of piperazine rings is 1. The highest BCUT2D eigenvalue weighted by molar-refractivity contribution is 5.83. The fraction of sp³-hybridized carbons (Fsp3) is 0.619. The van der Waals surface area contributed by atoms with Gasteiger partial charge >= 0.3 is 12.1 Å². The van der Waals surface area contributed by atoms with E-state index in [-0.39, 0.29) is 49.8 Å². The summed E-state index contributed by atoms with van der Waals surface area (Å²) in [5, 5.41) is 0. The Hall–Kier alpha value is -2.09. The number of carbonyl (C=O) groups excluding carboxylic acids is 2. The van der Waals surface area contributed by atoms with Gasteiger partial charge in [0.1, 0.15) is 0 Å². The minimum absolute atomic E-state index is 0.00201. The Kier molecular flexibility index (Phi) is 6.51. The summed E-state index contributed by atoms with van der Waals surface area (Å²) in [6, 6.07) is 10.6. The van der Waals surface area contributed by atoms with Crippen molar-refractivity contribution < 1.29 is 22.8 Å². The Morgan fingerprint density at radius 3 is 2.03 bits per heavy atom. The van der Waals surface area contributed by atoms with Gasteiger partial charge < -0.3 is 9.80 Å². The first-order valence-corrected chi connectivity index (χ1v) is 10.1. The van der Waals surface area contributed by atoms with E-state index < -0.39 is 12.1 Å². The third kappa shape index (κ3) is 5.10. The number of amides is 2. The average molecular weight is 411 g/mol. The first kappa shape index (κ1) is 21.6. The fourth-order valence-corrected chi connectivity index (χ4v) is 4.41. The van der Waals surface area contributed by atoms with Crippen LogP contribution in [0.5, 0.6) is 0 Å². The number of piperidine rings is 1. The number of alkyl halides is 3. The molecule has 0 aromatic heterocycles. The Bertz CT molecular complexity index is 706. The molecule has 2 saturated heterocycles. The van der Waals surface area contributed by atoms with Gasteiger partial charge in [0, 0.05) is 50.7 Å². The normalized spacial score (nSPS) is 24.6. The molecule has 5 nitrogen and oxygen atoms in total. The van der Waals surface area contributed by atoms with Crippen LogP contribution in [0.4, 0.5) is 13.2 Å². The molecule has 2 aliphatic heterocycles. The molecule has 0 spiro atoms. The van der Waals surface area contributed by atoms with Gasteiger partial charge in [-0.2, -0.15) is 13.2 Å². The Labute approximate surface area is 169 Å². The first-order valence-electron chi connectivity index (χ1n) is 10.1. The zero-order valence-electron chi connectivity index (χ0n) is 16.9. The molecule has 3 rings (SSSR count). The average Bonchev–Trinajstić information content (AvgIpc) is 2.69. The van der Waals surface area contributed by atoms with Crippen molar-refractivity contribution in [3.05, 3.63) is 35.9 Å². The summed E-state index contributed by atoms with van der Waals surface area (Å²) in [4.78, 5) is 29.4. The quantitative estimate of drug-likeness (QED) is 0.768. The van der Waals surface area contributed by atoms with Gasteiger partial charge in [0.2, 0.25) is 5.91 Å². The Morgan fingerprint density at radius 1 is 0.966 bits per heavy atom. The second-order valence-electron chi connectivity index (χ2n) is 8.16. The van der Waals surface area contributed by atoms with Gasteiger partial charge in [-0.05, 0) is 32.3 Å². The number of hydrogen-bond donors (Lipinski definition) is 0. The van der Waals surface area contributed by atoms with Crippen LogP contribution in [0.3, 0.4) is 0 Å². The molecule has 2 fully saturated rings. The SMILES string of the molecule is CC1CN(C(=O)C2CCN(C(=O)C(F)(F)F)CC2)CC(C)N1Cc1ccccc1. The van der Waals surface area contributed by atoms with Gasteiger partial charge in [-0.15, -0.1) is 0 Å². The van der Waals surface area contributed by atoms with E-state index in [0.29, 0.717) is 13.1 Å². The van der Waals surface area contributed by atoms with Crippen molar-refractivity contribution in [2.45, 2.75) is 51.5 Å². The zero-order valence-corrected chi connectivity index (χ0v) is 16.9. The van der Waals surface area contributed by atoms with E-state index in [4.69, 9.17) is 0 Å². The fourth-order valence-electron chi connectivity index (χ4n) is 4.41. The minimum atomic E-state index is -4.85. The second kappa shape index (κ2) is 8.73. The van der Waals surface area contributed by atoms with E-state index in [1.807, 2.05) is 23.1 Å². The number of likely N-dealkylation sites (tertiary alicyclic amines) is 1. The Balaban J connectivity index is 1.54. The molecule has 29 heavy (non-hydrogen) atoms. The lowest BCUT2D eigenvalue weighted by Crippen LogP contribution is -2.59. The van der Waals surface area contributed by atoms with E-state index in [1.165, 1.54) is 5.56 Å². The van der Waals surface area contributed by atoms with Crippen LogP contribution in [0.2, 0.25) is 0 Å². The van der Waals surface area contributed by atoms with Gasteiger partial charge in [-0.1, -0.05) is 30.3 Å². The van der Waals surface area contributed by atoms with Crippen molar-refractivity contribution >= 4 is 11.8 Å². The topological polar surface area (TPSA) is 43.9 Å². The van der Waals surface area contributed by atoms with Crippen LogP contribution < -0.4 is 0 Å². The van der Waals surface area contributed by atoms with Crippen LogP contribution in [0.1, 0.15) is 32.3 Å². The molecule has 0 aliphatic carbocycles. The van der Waals surface area contributed by atoms with Crippen molar-refractivity contribution in [3.63, 3.8) is 0 Å². The van der Waals surface area contributed by atoms with Gasteiger partial charge in [0.15, 0.2) is 0 Å². The molecule has 1 aromatic carbocycles. The van der Waals surface area contributed by atoms with E-state index in [9.17, 15) is 22.8 Å². The monoisotopic (exact) mass is 411 g/mol. The van der Waals surface area contributed by atoms with Crippen molar-refractivity contribution in [2.75, 3.05) is 26.2 Å². The summed E-state index contributed by atoms with van der Waals surface area (Å²) in [6.07, 6.45) is -4.28. The Morgan fingerprint density at radius 2 is 1.52 bits per heavy atom. The van der Waals surface area contributed by atoms with E-state index in [2.05, 4.69) is 30.9 Å². The number of rotatable bonds is 3. The van der Waals surface area contributed by atoms with Crippen LogP contribution in [0.15, 0.2) is 30.3 Å². The maximum atomic E-state index is 13.0. The molecule has 0 N–H and O–H groups in total. The van der Waals surface area contributed by atoms with E-state index >= 15 is 0 Å². The third-order valence-electron chi connectivity index (χ3n) is 6.00. The lowest BCUT2D eigenvalue weighted by Gasteiger charge is -2.46. The molecular formula is C21H28F3N3O2. The molecule has 2 aliphatic rings. The molecule has 0 radical (unpaired) electrons. The number of halogens is 3. The largest absolute Gasteiger partial charge is 0.471 e. The number of nitrogens with zero attached hydrogens (tertiary/aromatic N) is 3. The summed E-state index contributed by atoms with van der Waals surface area (Å²) in [5.41, 5.74) is 1.23. The summed E-state index contributed by atoms with van der Waals surface area (Å²) < 4.78 is 37.8. The highest BCUT2D eigenvalue weighted by atomic mass is 19.4. The van der Waals surface area contributed by atoms with Crippen molar-refractivity contribution in [1.29, 1.82) is 0 Å². The maximum absolute atomic E-state index is 13.0. The van der Waals surface area contributed by atoms with Crippen molar-refractivity contribution in [1.82, 2.24) is 14.7 Å². The number of benzene rings is 1. The number of carbonyl (C=O) groups is 2. The summed E-state index contributed by atoms with van der Waals surface area (Å²) in [5.74, 6) is -2.12. The molecule has 0 saturated carbocycles. The molecule has 160 valence electrons. The van der Waals surface area contributed by atoms with Crippen molar-refractivity contribution in [2.24, 2.45) is 5.92 Å². The molecule has 2 atom stereocenters. The summed E-state index contributed by atoms with van der Waals surface area (Å²) in [6.45, 7) is 6.20. The highest BCUT2D eigenvalue weighted by Gasteiger charge is 2.44. The second-order valence-corrected chi connectivity index (χ2v) is 8.16. The smallest absolute Gasteiger partial charge is 0.339 e. The lowest BCUT2D eigenvalue weighted by atomic mass is 9.94. The molecular weight excluding hydrogens is 383 g/mol. The van der Waals surface area contributed by atoms with Crippen LogP contribution >= 0.6 is 0 Å². The molecule has 2 amide bonds. The van der Waals surface area contributed by atoms with Gasteiger partial charge in [0.05, 0.1) is 0 Å². The van der Waals surface area contributed by atoms with Crippen LogP contribution in [-0.4, -0.2) is 71.0 Å². The van der Waals surface area contributed by atoms with Gasteiger partial charge in [-0.25, -0.2) is 0 Å². The van der Waals surface area contributed by atoms with Crippen LogP contribution in [0.25, 0.3) is 0 Å². The summed E-state index contributed by atoms with van der Waals surface area (Å²) >= 11 is 0. The minimum Gasteiger partial charge on any atom is -0.339 e. The van der Waals surface area contributed by atoms with E-state index in [1.54, 1.807) is 0 Å². The summed E-state index contributed by atoms with van der Waals surface area (Å²) in [7, 11) is 0. The molecule has 2 unspecified atom stereocenters. The zero-order chi connectivity index (χ0) is 21.2. The molecule has 8 heteroatoms. The highest BCUT2D eigenvalue weighted by Crippen LogP contribution is 2.27. The first-order chi connectivity index (χ1) is 13.7. The molecule has 2 heterocycles. The van der Waals surface area contributed by atoms with Crippen molar-refractivity contribution in [3.8, 4) is 0 Å². The maximum Gasteiger partial charge on any atom is 0.471 e. The number of hydrogen-bond acceptors (Lipinski definition) is 3. The van der Waals surface area contributed by atoms with Crippen LogP contribution in [-0.2, 0) is 16.1 Å². The molecule has 1 aromatic rings. The predicted octanol–water partition coefficient (Wildman–Crippen LogP) is 2.91.